The third-order valence-electron chi connectivity index (χ3n) is 3.60. The van der Waals surface area contributed by atoms with E-state index in [-0.39, 0.29) is 11.3 Å². The van der Waals surface area contributed by atoms with Gasteiger partial charge < -0.3 is 0 Å². The smallest absolute Gasteiger partial charge is 0.271 e. The number of hydrogen-bond donors (Lipinski definition) is 2. The second-order valence-electron chi connectivity index (χ2n) is 4.92. The molecule has 3 N–H and O–H groups in total. The lowest BCUT2D eigenvalue weighted by atomic mass is 9.99. The van der Waals surface area contributed by atoms with Gasteiger partial charge in [-0.2, -0.15) is 36.7 Å². The van der Waals surface area contributed by atoms with Crippen LogP contribution in [0.2, 0.25) is 0 Å². The lowest BCUT2D eigenvalue weighted by Gasteiger charge is -2.35. The molecule has 1 aliphatic heterocycles. The van der Waals surface area contributed by atoms with E-state index >= 15 is 0 Å². The quantitative estimate of drug-likeness (QED) is 0.647. The van der Waals surface area contributed by atoms with Crippen LogP contribution in [-0.2, 0) is 6.18 Å². The highest BCUT2D eigenvalue weighted by Crippen LogP contribution is 2.40. The molecule has 0 radical (unpaired) electrons. The van der Waals surface area contributed by atoms with Gasteiger partial charge in [-0.25, -0.2) is 0 Å². The van der Waals surface area contributed by atoms with Crippen LogP contribution in [0.4, 0.5) is 13.2 Å². The Labute approximate surface area is 131 Å². The van der Waals surface area contributed by atoms with Crippen molar-refractivity contribution < 1.29 is 13.2 Å². The van der Waals surface area contributed by atoms with Crippen LogP contribution in [0.15, 0.2) is 24.3 Å². The van der Waals surface area contributed by atoms with Gasteiger partial charge in [0.2, 0.25) is 0 Å². The highest BCUT2D eigenvalue weighted by atomic mass is 32.2. The molecule has 0 bridgehead atoms. The molecule has 7 heteroatoms. The summed E-state index contributed by atoms with van der Waals surface area (Å²) in [6.45, 7) is 2.14. The summed E-state index contributed by atoms with van der Waals surface area (Å²) >= 11 is 3.77. The van der Waals surface area contributed by atoms with E-state index in [1.54, 1.807) is 0 Å². The first-order valence-electron chi connectivity index (χ1n) is 6.84. The van der Waals surface area contributed by atoms with Crippen molar-refractivity contribution in [2.45, 2.75) is 36.1 Å². The number of hydrazine groups is 1. The SMILES string of the molecule is CCC1SCCSC1C(NN)c1ccc(C(F)(F)F)cc1. The van der Waals surface area contributed by atoms with Crippen LogP contribution in [0.3, 0.4) is 0 Å². The molecular formula is C14H19F3N2S2. The molecular weight excluding hydrogens is 317 g/mol. The molecule has 0 aromatic heterocycles. The van der Waals surface area contributed by atoms with E-state index in [2.05, 4.69) is 12.3 Å². The fraction of sp³-hybridized carbons (Fsp3) is 0.571. The number of halogens is 3. The summed E-state index contributed by atoms with van der Waals surface area (Å²) in [7, 11) is 0. The van der Waals surface area contributed by atoms with Gasteiger partial charge in [0.15, 0.2) is 0 Å². The van der Waals surface area contributed by atoms with Crippen LogP contribution in [0.1, 0.15) is 30.5 Å². The largest absolute Gasteiger partial charge is 0.416 e. The van der Waals surface area contributed by atoms with Crippen LogP contribution >= 0.6 is 23.5 Å². The van der Waals surface area contributed by atoms with Gasteiger partial charge in [0.25, 0.3) is 0 Å². The summed E-state index contributed by atoms with van der Waals surface area (Å²) in [6, 6.07) is 5.18. The molecule has 1 fully saturated rings. The standard InChI is InChI=1S/C14H19F3N2S2/c1-2-11-13(21-8-7-20-11)12(19-18)9-3-5-10(6-4-9)14(15,16)17/h3-6,11-13,19H,2,7-8,18H2,1H3. The second-order valence-corrected chi connectivity index (χ2v) is 7.55. The summed E-state index contributed by atoms with van der Waals surface area (Å²) in [5.41, 5.74) is 2.98. The molecule has 0 amide bonds. The van der Waals surface area contributed by atoms with E-state index in [9.17, 15) is 13.2 Å². The van der Waals surface area contributed by atoms with E-state index in [1.807, 2.05) is 23.5 Å². The first kappa shape index (κ1) is 17.0. The third kappa shape index (κ3) is 4.09. The maximum atomic E-state index is 12.6. The molecule has 0 aliphatic carbocycles. The number of alkyl halides is 3. The lowest BCUT2D eigenvalue weighted by molar-refractivity contribution is -0.137. The number of hydrogen-bond acceptors (Lipinski definition) is 4. The second kappa shape index (κ2) is 7.26. The van der Waals surface area contributed by atoms with Crippen molar-refractivity contribution >= 4 is 23.5 Å². The van der Waals surface area contributed by atoms with E-state index in [1.165, 1.54) is 12.1 Å². The van der Waals surface area contributed by atoms with Crippen molar-refractivity contribution in [3.8, 4) is 0 Å². The Bertz CT molecular complexity index is 451. The Morgan fingerprint density at radius 3 is 2.38 bits per heavy atom. The molecule has 2 nitrogen and oxygen atoms in total. The molecule has 118 valence electrons. The summed E-state index contributed by atoms with van der Waals surface area (Å²) in [4.78, 5) is 0. The minimum Gasteiger partial charge on any atom is -0.271 e. The molecule has 1 aliphatic rings. The normalized spacial score (nSPS) is 24.8. The zero-order valence-corrected chi connectivity index (χ0v) is 13.3. The van der Waals surface area contributed by atoms with Gasteiger partial charge in [-0.1, -0.05) is 19.1 Å². The predicted octanol–water partition coefficient (Wildman–Crippen LogP) is 3.84. The average Bonchev–Trinajstić information content (AvgIpc) is 2.48. The van der Waals surface area contributed by atoms with Crippen LogP contribution in [-0.4, -0.2) is 22.0 Å². The van der Waals surface area contributed by atoms with E-state index in [4.69, 9.17) is 5.84 Å². The number of nitrogens with one attached hydrogen (secondary N) is 1. The summed E-state index contributed by atoms with van der Waals surface area (Å²) in [5, 5.41) is 0.738. The monoisotopic (exact) mass is 336 g/mol. The molecule has 1 saturated heterocycles. The van der Waals surface area contributed by atoms with Crippen molar-refractivity contribution in [1.29, 1.82) is 0 Å². The Kier molecular flexibility index (Phi) is 5.88. The van der Waals surface area contributed by atoms with Gasteiger partial charge in [-0.3, -0.25) is 11.3 Å². The number of rotatable bonds is 4. The van der Waals surface area contributed by atoms with Crippen LogP contribution in [0, 0.1) is 0 Å². The van der Waals surface area contributed by atoms with Crippen molar-refractivity contribution in [2.24, 2.45) is 5.84 Å². The van der Waals surface area contributed by atoms with E-state index in [0.717, 1.165) is 35.6 Å². The zero-order chi connectivity index (χ0) is 15.5. The first-order chi connectivity index (χ1) is 9.97. The maximum absolute atomic E-state index is 12.6. The Balaban J connectivity index is 2.20. The van der Waals surface area contributed by atoms with E-state index < -0.39 is 11.7 Å². The molecule has 1 aromatic rings. The predicted molar refractivity (Wildman–Crippen MR) is 84.3 cm³/mol. The van der Waals surface area contributed by atoms with Gasteiger partial charge >= 0.3 is 6.18 Å². The zero-order valence-electron chi connectivity index (χ0n) is 11.7. The van der Waals surface area contributed by atoms with Gasteiger partial charge in [0, 0.05) is 22.0 Å². The summed E-state index contributed by atoms with van der Waals surface area (Å²) in [6.07, 6.45) is -3.27. The molecule has 3 atom stereocenters. The fourth-order valence-electron chi connectivity index (χ4n) is 2.51. The van der Waals surface area contributed by atoms with Gasteiger partial charge in [0.1, 0.15) is 0 Å². The Hall–Kier alpha value is -0.370. The van der Waals surface area contributed by atoms with Crippen molar-refractivity contribution in [3.63, 3.8) is 0 Å². The van der Waals surface area contributed by atoms with E-state index in [0.29, 0.717) is 5.25 Å². The van der Waals surface area contributed by atoms with Crippen LogP contribution in [0.25, 0.3) is 0 Å². The minimum atomic E-state index is -4.30. The fourth-order valence-corrected chi connectivity index (χ4v) is 5.74. The van der Waals surface area contributed by atoms with Crippen molar-refractivity contribution in [2.75, 3.05) is 11.5 Å². The molecule has 0 spiro atoms. The number of benzene rings is 1. The Morgan fingerprint density at radius 1 is 1.24 bits per heavy atom. The van der Waals surface area contributed by atoms with Crippen LogP contribution in [0.5, 0.6) is 0 Å². The van der Waals surface area contributed by atoms with Crippen molar-refractivity contribution in [1.82, 2.24) is 5.43 Å². The highest BCUT2D eigenvalue weighted by molar-refractivity contribution is 8.07. The number of thioether (sulfide) groups is 2. The first-order valence-corrected chi connectivity index (χ1v) is 8.93. The molecule has 21 heavy (non-hydrogen) atoms. The lowest BCUT2D eigenvalue weighted by Crippen LogP contribution is -2.41. The molecule has 2 rings (SSSR count). The third-order valence-corrected chi connectivity index (χ3v) is 6.95. The van der Waals surface area contributed by atoms with Crippen LogP contribution < -0.4 is 11.3 Å². The highest BCUT2D eigenvalue weighted by Gasteiger charge is 2.34. The number of nitrogens with two attached hydrogens (primary N) is 1. The maximum Gasteiger partial charge on any atom is 0.416 e. The topological polar surface area (TPSA) is 38.0 Å². The Morgan fingerprint density at radius 2 is 1.86 bits per heavy atom. The molecule has 3 unspecified atom stereocenters. The average molecular weight is 336 g/mol. The van der Waals surface area contributed by atoms with Gasteiger partial charge in [-0.15, -0.1) is 0 Å². The summed E-state index contributed by atoms with van der Waals surface area (Å²) in [5.74, 6) is 7.84. The summed E-state index contributed by atoms with van der Waals surface area (Å²) < 4.78 is 37.9. The minimum absolute atomic E-state index is 0.130. The molecule has 1 aromatic carbocycles. The molecule has 1 heterocycles. The molecule has 0 saturated carbocycles. The van der Waals surface area contributed by atoms with Crippen molar-refractivity contribution in [3.05, 3.63) is 35.4 Å². The van der Waals surface area contributed by atoms with Gasteiger partial charge in [0.05, 0.1) is 11.6 Å². The van der Waals surface area contributed by atoms with Gasteiger partial charge in [-0.05, 0) is 24.1 Å².